The first-order chi connectivity index (χ1) is 11.6. The Balaban J connectivity index is 0.00000100. The second-order valence-electron chi connectivity index (χ2n) is 5.56. The summed E-state index contributed by atoms with van der Waals surface area (Å²) in [5.74, 6) is -0.0170. The monoisotopic (exact) mass is 323 g/mol. The van der Waals surface area contributed by atoms with E-state index in [1.165, 1.54) is 5.56 Å². The van der Waals surface area contributed by atoms with Gasteiger partial charge in [-0.05, 0) is 25.5 Å². The van der Waals surface area contributed by atoms with E-state index >= 15 is 0 Å². The van der Waals surface area contributed by atoms with Crippen molar-refractivity contribution in [2.75, 3.05) is 7.05 Å². The van der Waals surface area contributed by atoms with Crippen LogP contribution in [-0.2, 0) is 11.2 Å². The number of carbonyl (C=O) groups excluding carboxylic acids is 1. The molecule has 0 unspecified atom stereocenters. The molecular weight excluding hydrogens is 298 g/mol. The molecule has 2 aromatic heterocycles. The van der Waals surface area contributed by atoms with Gasteiger partial charge < -0.3 is 9.72 Å². The fourth-order valence-corrected chi connectivity index (χ4v) is 2.55. The molecule has 1 N–H and O–H groups in total. The molecule has 0 radical (unpaired) electrons. The number of carbonyl (C=O) groups is 1. The number of nitrogens with one attached hydrogen (secondary N) is 1. The first-order valence-electron chi connectivity index (χ1n) is 8.33. The molecular formula is C20H25N3O. The largest absolute Gasteiger partial charge is 0.359 e. The number of hydrogen-bond acceptors (Lipinski definition) is 2. The van der Waals surface area contributed by atoms with E-state index < -0.39 is 0 Å². The van der Waals surface area contributed by atoms with Gasteiger partial charge >= 0.3 is 0 Å². The quantitative estimate of drug-likeness (QED) is 0.794. The molecule has 0 bridgehead atoms. The first-order valence-corrected chi connectivity index (χ1v) is 8.33. The zero-order valence-corrected chi connectivity index (χ0v) is 15.1. The Labute approximate surface area is 143 Å². The van der Waals surface area contributed by atoms with Gasteiger partial charge in [-0.15, -0.1) is 0 Å². The van der Waals surface area contributed by atoms with Crippen LogP contribution >= 0.6 is 0 Å². The number of rotatable bonds is 3. The molecule has 3 aromatic rings. The van der Waals surface area contributed by atoms with Crippen LogP contribution in [-0.4, -0.2) is 22.3 Å². The number of benzene rings is 1. The van der Waals surface area contributed by atoms with E-state index in [0.29, 0.717) is 6.42 Å². The lowest BCUT2D eigenvalue weighted by atomic mass is 10.1. The van der Waals surface area contributed by atoms with Gasteiger partial charge in [0.1, 0.15) is 5.65 Å². The van der Waals surface area contributed by atoms with E-state index in [4.69, 9.17) is 4.98 Å². The van der Waals surface area contributed by atoms with Gasteiger partial charge in [0, 0.05) is 18.8 Å². The summed E-state index contributed by atoms with van der Waals surface area (Å²) >= 11 is 0. The normalized spacial score (nSPS) is 10.2. The average molecular weight is 323 g/mol. The van der Waals surface area contributed by atoms with Gasteiger partial charge in [0.15, 0.2) is 0 Å². The molecule has 24 heavy (non-hydrogen) atoms. The fraction of sp³-hybridized carbons (Fsp3) is 0.300. The van der Waals surface area contributed by atoms with Crippen LogP contribution in [0.2, 0.25) is 0 Å². The maximum Gasteiger partial charge on any atom is 0.225 e. The topological polar surface area (TPSA) is 46.4 Å². The van der Waals surface area contributed by atoms with E-state index in [2.05, 4.69) is 36.5 Å². The van der Waals surface area contributed by atoms with Crippen LogP contribution in [0.25, 0.3) is 16.9 Å². The van der Waals surface area contributed by atoms with E-state index in [1.54, 1.807) is 7.05 Å². The SMILES string of the molecule is CC.CNC(=O)Cc1c(-c2ccc(C)cc2)nc2ccc(C)cn12. The lowest BCUT2D eigenvalue weighted by Crippen LogP contribution is -2.21. The third-order valence-corrected chi connectivity index (χ3v) is 3.80. The molecule has 4 nitrogen and oxygen atoms in total. The lowest BCUT2D eigenvalue weighted by Gasteiger charge is -2.06. The number of hydrogen-bond donors (Lipinski definition) is 1. The van der Waals surface area contributed by atoms with Gasteiger partial charge in [-0.25, -0.2) is 4.98 Å². The van der Waals surface area contributed by atoms with Crippen molar-refractivity contribution in [2.45, 2.75) is 34.1 Å². The molecule has 1 aromatic carbocycles. The molecule has 0 fully saturated rings. The van der Waals surface area contributed by atoms with E-state index in [0.717, 1.165) is 28.2 Å². The highest BCUT2D eigenvalue weighted by Gasteiger charge is 2.16. The standard InChI is InChI=1S/C18H19N3O.C2H6/c1-12-4-7-14(8-5-12)18-15(10-17(22)19-3)21-11-13(2)6-9-16(21)20-18;1-2/h4-9,11H,10H2,1-3H3,(H,19,22);1-2H3. The van der Waals surface area contributed by atoms with Crippen molar-refractivity contribution in [1.82, 2.24) is 14.7 Å². The van der Waals surface area contributed by atoms with Crippen molar-refractivity contribution in [3.63, 3.8) is 0 Å². The van der Waals surface area contributed by atoms with Crippen molar-refractivity contribution in [3.8, 4) is 11.3 Å². The summed E-state index contributed by atoms with van der Waals surface area (Å²) in [6, 6.07) is 12.3. The van der Waals surface area contributed by atoms with Crippen LogP contribution in [0.15, 0.2) is 42.6 Å². The van der Waals surface area contributed by atoms with Crippen LogP contribution in [0.4, 0.5) is 0 Å². The Hall–Kier alpha value is -2.62. The van der Waals surface area contributed by atoms with Crippen molar-refractivity contribution in [1.29, 1.82) is 0 Å². The van der Waals surface area contributed by atoms with Crippen LogP contribution < -0.4 is 5.32 Å². The van der Waals surface area contributed by atoms with Gasteiger partial charge in [0.05, 0.1) is 17.8 Å². The Kier molecular flexibility index (Phi) is 5.74. The molecule has 2 heterocycles. The van der Waals surface area contributed by atoms with E-state index in [9.17, 15) is 4.79 Å². The number of amides is 1. The Morgan fingerprint density at radius 1 is 1.04 bits per heavy atom. The minimum Gasteiger partial charge on any atom is -0.359 e. The van der Waals surface area contributed by atoms with Gasteiger partial charge in [-0.2, -0.15) is 0 Å². The summed E-state index contributed by atoms with van der Waals surface area (Å²) in [4.78, 5) is 16.6. The van der Waals surface area contributed by atoms with Gasteiger partial charge in [0.25, 0.3) is 0 Å². The highest BCUT2D eigenvalue weighted by Crippen LogP contribution is 2.25. The minimum absolute atomic E-state index is 0.0170. The predicted molar refractivity (Wildman–Crippen MR) is 99.2 cm³/mol. The summed E-state index contributed by atoms with van der Waals surface area (Å²) in [6.07, 6.45) is 2.34. The minimum atomic E-state index is -0.0170. The zero-order chi connectivity index (χ0) is 17.7. The number of likely N-dealkylation sites (N-methyl/N-ethyl adjacent to an activating group) is 1. The molecule has 0 aliphatic rings. The number of aromatic nitrogens is 2. The van der Waals surface area contributed by atoms with Crippen molar-refractivity contribution in [2.24, 2.45) is 0 Å². The average Bonchev–Trinajstić information content (AvgIpc) is 2.95. The molecule has 1 amide bonds. The predicted octanol–water partition coefficient (Wildman–Crippen LogP) is 3.93. The van der Waals surface area contributed by atoms with Crippen LogP contribution in [0.5, 0.6) is 0 Å². The number of nitrogens with zero attached hydrogens (tertiary/aromatic N) is 2. The molecule has 0 aliphatic carbocycles. The van der Waals surface area contributed by atoms with E-state index in [1.807, 2.05) is 43.5 Å². The first kappa shape index (κ1) is 17.7. The highest BCUT2D eigenvalue weighted by molar-refractivity contribution is 5.81. The highest BCUT2D eigenvalue weighted by atomic mass is 16.1. The van der Waals surface area contributed by atoms with Crippen molar-refractivity contribution < 1.29 is 4.79 Å². The second-order valence-corrected chi connectivity index (χ2v) is 5.56. The molecule has 0 aliphatic heterocycles. The number of fused-ring (bicyclic) bond motifs is 1. The Morgan fingerprint density at radius 3 is 2.29 bits per heavy atom. The fourth-order valence-electron chi connectivity index (χ4n) is 2.55. The second kappa shape index (κ2) is 7.77. The third-order valence-electron chi connectivity index (χ3n) is 3.80. The molecule has 0 atom stereocenters. The van der Waals surface area contributed by atoms with Crippen molar-refractivity contribution >= 4 is 11.6 Å². The summed E-state index contributed by atoms with van der Waals surface area (Å²) in [6.45, 7) is 8.09. The number of pyridine rings is 1. The summed E-state index contributed by atoms with van der Waals surface area (Å²) < 4.78 is 2.01. The third kappa shape index (κ3) is 3.65. The summed E-state index contributed by atoms with van der Waals surface area (Å²) in [5, 5.41) is 2.69. The number of aryl methyl sites for hydroxylation is 2. The van der Waals surface area contributed by atoms with E-state index in [-0.39, 0.29) is 5.91 Å². The molecule has 126 valence electrons. The smallest absolute Gasteiger partial charge is 0.225 e. The molecule has 4 heteroatoms. The van der Waals surface area contributed by atoms with Crippen molar-refractivity contribution in [3.05, 3.63) is 59.4 Å². The number of imidazole rings is 1. The Morgan fingerprint density at radius 2 is 1.67 bits per heavy atom. The molecule has 0 spiro atoms. The summed E-state index contributed by atoms with van der Waals surface area (Å²) in [7, 11) is 1.66. The maximum atomic E-state index is 11.9. The Bertz CT molecular complexity index is 832. The zero-order valence-electron chi connectivity index (χ0n) is 15.1. The van der Waals surface area contributed by atoms with Crippen LogP contribution in [0, 0.1) is 13.8 Å². The molecule has 0 saturated heterocycles. The van der Waals surface area contributed by atoms with Gasteiger partial charge in [0.2, 0.25) is 5.91 Å². The molecule has 3 rings (SSSR count). The van der Waals surface area contributed by atoms with Crippen LogP contribution in [0.1, 0.15) is 30.7 Å². The van der Waals surface area contributed by atoms with Crippen LogP contribution in [0.3, 0.4) is 0 Å². The van der Waals surface area contributed by atoms with Gasteiger partial charge in [-0.1, -0.05) is 49.7 Å². The van der Waals surface area contributed by atoms with Gasteiger partial charge in [-0.3, -0.25) is 4.79 Å². The maximum absolute atomic E-state index is 11.9. The lowest BCUT2D eigenvalue weighted by molar-refractivity contribution is -0.120. The molecule has 0 saturated carbocycles. The summed E-state index contributed by atoms with van der Waals surface area (Å²) in [5.41, 5.74) is 6.02.